The van der Waals surface area contributed by atoms with E-state index < -0.39 is 34.8 Å². The van der Waals surface area contributed by atoms with Crippen molar-refractivity contribution in [2.45, 2.75) is 16.2 Å². The molecule has 9 heteroatoms. The molecule has 2 rings (SSSR count). The lowest BCUT2D eigenvalue weighted by atomic mass is 10.1. The second-order valence-electron chi connectivity index (χ2n) is 5.02. The van der Waals surface area contributed by atoms with E-state index in [9.17, 15) is 28.2 Å². The fourth-order valence-corrected chi connectivity index (χ4v) is 3.54. The Labute approximate surface area is 142 Å². The molecule has 2 aromatic rings. The molecule has 0 radical (unpaired) electrons. The molecule has 0 aromatic heterocycles. The van der Waals surface area contributed by atoms with Gasteiger partial charge in [-0.15, -0.1) is 0 Å². The maximum Gasteiger partial charge on any atom is 0.341 e. The molecule has 0 heterocycles. The summed E-state index contributed by atoms with van der Waals surface area (Å²) in [4.78, 5) is 21.8. The Bertz CT molecular complexity index is 900. The number of phenolic OH excluding ortho intramolecular Hbond substituents is 2. The Morgan fingerprint density at radius 2 is 1.56 bits per heavy atom. The lowest BCUT2D eigenvalue weighted by Gasteiger charge is -2.11. The molecule has 0 spiro atoms. The average Bonchev–Trinajstić information content (AvgIpc) is 2.53. The van der Waals surface area contributed by atoms with E-state index in [1.165, 1.54) is 24.3 Å². The molecular formula is C16H14O8S. The first-order chi connectivity index (χ1) is 11.7. The molecule has 8 nitrogen and oxygen atoms in total. The van der Waals surface area contributed by atoms with E-state index in [-0.39, 0.29) is 26.9 Å². The van der Waals surface area contributed by atoms with E-state index >= 15 is 0 Å². The Hall–Kier alpha value is -3.07. The Morgan fingerprint density at radius 3 is 2.16 bits per heavy atom. The number of hydrogen-bond acceptors (Lipinski definition) is 7. The van der Waals surface area contributed by atoms with Crippen molar-refractivity contribution in [2.24, 2.45) is 0 Å². The number of carboxylic acid groups (broad SMARTS) is 1. The molecule has 0 aliphatic rings. The molecule has 0 amide bonds. The van der Waals surface area contributed by atoms with Crippen LogP contribution in [0.4, 0.5) is 0 Å². The molecule has 0 fully saturated rings. The minimum Gasteiger partial charge on any atom is -0.508 e. The number of ether oxygens (including phenoxy) is 1. The SMILES string of the molecule is O=C(O)COC(=O)Cc1cc(O)ccc1S(=O)(=O)c1ccc(O)cc1. The van der Waals surface area contributed by atoms with Crippen molar-refractivity contribution >= 4 is 21.8 Å². The van der Waals surface area contributed by atoms with Crippen LogP contribution in [0.25, 0.3) is 0 Å². The van der Waals surface area contributed by atoms with Crippen LogP contribution in [0.3, 0.4) is 0 Å². The molecule has 25 heavy (non-hydrogen) atoms. The van der Waals surface area contributed by atoms with Crippen molar-refractivity contribution in [1.82, 2.24) is 0 Å². The fraction of sp³-hybridized carbons (Fsp3) is 0.125. The van der Waals surface area contributed by atoms with Crippen molar-refractivity contribution in [2.75, 3.05) is 6.61 Å². The maximum atomic E-state index is 12.7. The van der Waals surface area contributed by atoms with Crippen LogP contribution in [0.15, 0.2) is 52.3 Å². The summed E-state index contributed by atoms with van der Waals surface area (Å²) in [5.74, 6) is -2.66. The van der Waals surface area contributed by atoms with Crippen molar-refractivity contribution in [3.8, 4) is 11.5 Å². The topological polar surface area (TPSA) is 138 Å². The van der Waals surface area contributed by atoms with E-state index in [1.54, 1.807) is 0 Å². The zero-order valence-corrected chi connectivity index (χ0v) is 13.6. The second-order valence-corrected chi connectivity index (χ2v) is 6.94. The van der Waals surface area contributed by atoms with E-state index in [0.717, 1.165) is 18.2 Å². The van der Waals surface area contributed by atoms with Gasteiger partial charge in [0.25, 0.3) is 0 Å². The Balaban J connectivity index is 2.39. The summed E-state index contributed by atoms with van der Waals surface area (Å²) in [6.07, 6.45) is -0.533. The van der Waals surface area contributed by atoms with Gasteiger partial charge in [0.2, 0.25) is 9.84 Å². The van der Waals surface area contributed by atoms with E-state index in [0.29, 0.717) is 0 Å². The number of sulfone groups is 1. The minimum atomic E-state index is -4.03. The number of carboxylic acids is 1. The quantitative estimate of drug-likeness (QED) is 0.646. The Morgan fingerprint density at radius 1 is 0.960 bits per heavy atom. The van der Waals surface area contributed by atoms with Crippen LogP contribution in [0.2, 0.25) is 0 Å². The largest absolute Gasteiger partial charge is 0.508 e. The van der Waals surface area contributed by atoms with Gasteiger partial charge in [0.1, 0.15) is 11.5 Å². The summed E-state index contributed by atoms with van der Waals surface area (Å²) in [7, 11) is -4.03. The van der Waals surface area contributed by atoms with E-state index in [1.807, 2.05) is 0 Å². The minimum absolute atomic E-state index is 0.0385. The predicted molar refractivity (Wildman–Crippen MR) is 84.0 cm³/mol. The van der Waals surface area contributed by atoms with Gasteiger partial charge in [-0.2, -0.15) is 0 Å². The van der Waals surface area contributed by atoms with Gasteiger partial charge in [-0.1, -0.05) is 0 Å². The lowest BCUT2D eigenvalue weighted by Crippen LogP contribution is -2.16. The number of carbonyl (C=O) groups excluding carboxylic acids is 1. The van der Waals surface area contributed by atoms with Crippen LogP contribution in [0.1, 0.15) is 5.56 Å². The van der Waals surface area contributed by atoms with Crippen LogP contribution in [-0.4, -0.2) is 42.3 Å². The molecular weight excluding hydrogens is 352 g/mol. The van der Waals surface area contributed by atoms with Crippen molar-refractivity contribution in [1.29, 1.82) is 0 Å². The van der Waals surface area contributed by atoms with Gasteiger partial charge >= 0.3 is 11.9 Å². The van der Waals surface area contributed by atoms with Crippen molar-refractivity contribution < 1.29 is 38.1 Å². The highest BCUT2D eigenvalue weighted by atomic mass is 32.2. The molecule has 2 aromatic carbocycles. The molecule has 0 aliphatic carbocycles. The molecule has 0 unspecified atom stereocenters. The number of hydrogen-bond donors (Lipinski definition) is 3. The zero-order valence-electron chi connectivity index (χ0n) is 12.7. The number of phenols is 2. The normalized spacial score (nSPS) is 11.0. The number of benzene rings is 2. The first-order valence-electron chi connectivity index (χ1n) is 6.93. The van der Waals surface area contributed by atoms with Crippen LogP contribution in [-0.2, 0) is 30.6 Å². The summed E-state index contributed by atoms with van der Waals surface area (Å²) in [5.41, 5.74) is -0.0385. The molecule has 0 saturated heterocycles. The molecule has 3 N–H and O–H groups in total. The van der Waals surface area contributed by atoms with E-state index in [4.69, 9.17) is 5.11 Å². The van der Waals surface area contributed by atoms with Gasteiger partial charge in [0, 0.05) is 0 Å². The molecule has 0 saturated carbocycles. The third-order valence-corrected chi connectivity index (χ3v) is 5.04. The highest BCUT2D eigenvalue weighted by Crippen LogP contribution is 2.28. The van der Waals surface area contributed by atoms with Crippen LogP contribution < -0.4 is 0 Å². The summed E-state index contributed by atoms with van der Waals surface area (Å²) in [6.45, 7) is -0.850. The number of aromatic hydroxyl groups is 2. The average molecular weight is 366 g/mol. The fourth-order valence-electron chi connectivity index (χ4n) is 2.07. The second kappa shape index (κ2) is 7.22. The standard InChI is InChI=1S/C16H14O8S/c17-11-1-4-13(5-2-11)25(22,23)14-6-3-12(18)7-10(14)8-16(21)24-9-15(19)20/h1-7,17-18H,8-9H2,(H,19,20). The summed E-state index contributed by atoms with van der Waals surface area (Å²) >= 11 is 0. The summed E-state index contributed by atoms with van der Waals surface area (Å²) in [5, 5.41) is 27.3. The highest BCUT2D eigenvalue weighted by molar-refractivity contribution is 7.91. The summed E-state index contributed by atoms with van der Waals surface area (Å²) in [6, 6.07) is 8.18. The number of aliphatic carboxylic acids is 1. The van der Waals surface area contributed by atoms with Crippen LogP contribution >= 0.6 is 0 Å². The first kappa shape index (κ1) is 18.3. The van der Waals surface area contributed by atoms with Gasteiger partial charge in [0.15, 0.2) is 6.61 Å². The smallest absolute Gasteiger partial charge is 0.341 e. The highest BCUT2D eigenvalue weighted by Gasteiger charge is 2.23. The van der Waals surface area contributed by atoms with Gasteiger partial charge in [-0.25, -0.2) is 13.2 Å². The van der Waals surface area contributed by atoms with Crippen molar-refractivity contribution in [3.05, 3.63) is 48.0 Å². The molecule has 0 bridgehead atoms. The van der Waals surface area contributed by atoms with Gasteiger partial charge < -0.3 is 20.1 Å². The van der Waals surface area contributed by atoms with Crippen LogP contribution in [0, 0.1) is 0 Å². The third-order valence-electron chi connectivity index (χ3n) is 3.17. The molecule has 0 atom stereocenters. The maximum absolute atomic E-state index is 12.7. The van der Waals surface area contributed by atoms with Gasteiger partial charge in [-0.3, -0.25) is 4.79 Å². The van der Waals surface area contributed by atoms with Gasteiger partial charge in [0.05, 0.1) is 16.2 Å². The predicted octanol–water partition coefficient (Wildman–Crippen LogP) is 1.10. The van der Waals surface area contributed by atoms with Crippen molar-refractivity contribution in [3.63, 3.8) is 0 Å². The number of carbonyl (C=O) groups is 2. The number of esters is 1. The van der Waals surface area contributed by atoms with Crippen LogP contribution in [0.5, 0.6) is 11.5 Å². The number of rotatable bonds is 6. The first-order valence-corrected chi connectivity index (χ1v) is 8.42. The zero-order chi connectivity index (χ0) is 18.6. The third kappa shape index (κ3) is 4.48. The molecule has 0 aliphatic heterocycles. The lowest BCUT2D eigenvalue weighted by molar-refractivity contribution is -0.154. The molecule has 132 valence electrons. The monoisotopic (exact) mass is 366 g/mol. The van der Waals surface area contributed by atoms with E-state index in [2.05, 4.69) is 4.74 Å². The van der Waals surface area contributed by atoms with Gasteiger partial charge in [-0.05, 0) is 48.0 Å². The summed E-state index contributed by atoms with van der Waals surface area (Å²) < 4.78 is 29.9. The Kier molecular flexibility index (Phi) is 5.28.